The molecule has 0 saturated heterocycles. The summed E-state index contributed by atoms with van der Waals surface area (Å²) in [6.45, 7) is 0.928. The number of hydrogen-bond acceptors (Lipinski definition) is 4. The predicted octanol–water partition coefficient (Wildman–Crippen LogP) is 1.61. The Bertz CT molecular complexity index is 710. The van der Waals surface area contributed by atoms with Crippen molar-refractivity contribution in [1.82, 2.24) is 14.9 Å². The number of thiophene rings is 1. The number of H-pyrrole nitrogens is 1. The van der Waals surface area contributed by atoms with Gasteiger partial charge in [-0.05, 0) is 12.1 Å². The summed E-state index contributed by atoms with van der Waals surface area (Å²) < 4.78 is 0.678. The van der Waals surface area contributed by atoms with Gasteiger partial charge in [0.15, 0.2) is 0 Å². The Kier molecular flexibility index (Phi) is 3.58. The molecule has 2 aromatic rings. The molecule has 3 heterocycles. The summed E-state index contributed by atoms with van der Waals surface area (Å²) in [4.78, 5) is 33.3. The summed E-state index contributed by atoms with van der Waals surface area (Å²) in [6, 6.07) is 3.64. The fourth-order valence-electron chi connectivity index (χ4n) is 2.27. The van der Waals surface area contributed by atoms with E-state index in [1.165, 1.54) is 17.7 Å². The number of nitrogens with zero attached hydrogens (tertiary/aromatic N) is 2. The maximum atomic E-state index is 12.3. The highest BCUT2D eigenvalue weighted by Crippen LogP contribution is 2.23. The second kappa shape index (κ2) is 5.38. The van der Waals surface area contributed by atoms with E-state index in [2.05, 4.69) is 9.97 Å². The molecule has 0 radical (unpaired) electrons. The van der Waals surface area contributed by atoms with E-state index in [0.717, 1.165) is 10.6 Å². The van der Waals surface area contributed by atoms with Crippen molar-refractivity contribution < 1.29 is 4.79 Å². The number of carbonyl (C=O) groups excluding carboxylic acids is 1. The smallest absolute Gasteiger partial charge is 0.255 e. The predicted molar refractivity (Wildman–Crippen MR) is 77.0 cm³/mol. The van der Waals surface area contributed by atoms with Gasteiger partial charge in [-0.3, -0.25) is 9.59 Å². The Morgan fingerprint density at radius 1 is 1.50 bits per heavy atom. The van der Waals surface area contributed by atoms with Crippen molar-refractivity contribution in [2.45, 2.75) is 19.4 Å². The van der Waals surface area contributed by atoms with Gasteiger partial charge in [-0.1, -0.05) is 11.6 Å². The first-order valence-electron chi connectivity index (χ1n) is 6.21. The van der Waals surface area contributed by atoms with E-state index in [1.54, 1.807) is 11.0 Å². The molecule has 1 aliphatic heterocycles. The number of halogens is 1. The fourth-order valence-corrected chi connectivity index (χ4v) is 3.35. The average Bonchev–Trinajstić information content (AvgIpc) is 2.84. The molecule has 1 amide bonds. The Labute approximate surface area is 124 Å². The third-order valence-corrected chi connectivity index (χ3v) is 4.54. The Balaban J connectivity index is 1.75. The minimum atomic E-state index is -0.160. The second-order valence-corrected chi connectivity index (χ2v) is 6.40. The number of aromatic amines is 1. The van der Waals surface area contributed by atoms with E-state index in [4.69, 9.17) is 11.6 Å². The minimum Gasteiger partial charge on any atom is -0.337 e. The summed E-state index contributed by atoms with van der Waals surface area (Å²) in [5.74, 6) is 0.0115. The molecule has 0 spiro atoms. The molecule has 7 heteroatoms. The number of nitrogens with one attached hydrogen (secondary N) is 1. The maximum absolute atomic E-state index is 12.3. The first-order valence-corrected chi connectivity index (χ1v) is 7.40. The van der Waals surface area contributed by atoms with Crippen LogP contribution < -0.4 is 5.56 Å². The van der Waals surface area contributed by atoms with Crippen LogP contribution in [0.5, 0.6) is 0 Å². The number of carbonyl (C=O) groups is 1. The molecule has 0 saturated carbocycles. The van der Waals surface area contributed by atoms with E-state index in [0.29, 0.717) is 35.8 Å². The third kappa shape index (κ3) is 2.62. The lowest BCUT2D eigenvalue weighted by molar-refractivity contribution is -0.131. The van der Waals surface area contributed by atoms with Gasteiger partial charge in [-0.2, -0.15) is 0 Å². The lowest BCUT2D eigenvalue weighted by Gasteiger charge is -2.27. The molecule has 3 rings (SSSR count). The van der Waals surface area contributed by atoms with Crippen molar-refractivity contribution in [2.75, 3.05) is 6.54 Å². The highest BCUT2D eigenvalue weighted by atomic mass is 35.5. The van der Waals surface area contributed by atoms with E-state index in [9.17, 15) is 9.59 Å². The lowest BCUT2D eigenvalue weighted by Crippen LogP contribution is -2.40. The fraction of sp³-hybridized carbons (Fsp3) is 0.308. The molecular formula is C13H12ClN3O2S. The molecule has 0 aromatic carbocycles. The lowest BCUT2D eigenvalue weighted by atomic mass is 10.1. The van der Waals surface area contributed by atoms with Gasteiger partial charge in [0.25, 0.3) is 5.56 Å². The zero-order chi connectivity index (χ0) is 14.1. The molecule has 104 valence electrons. The van der Waals surface area contributed by atoms with E-state index in [-0.39, 0.29) is 11.5 Å². The topological polar surface area (TPSA) is 66.1 Å². The van der Waals surface area contributed by atoms with Crippen LogP contribution in [0, 0.1) is 0 Å². The zero-order valence-corrected chi connectivity index (χ0v) is 12.1. The molecule has 0 aliphatic carbocycles. The molecule has 1 aliphatic rings. The zero-order valence-electron chi connectivity index (χ0n) is 10.6. The summed E-state index contributed by atoms with van der Waals surface area (Å²) in [5, 5.41) is 0. The van der Waals surface area contributed by atoms with Crippen LogP contribution in [0.4, 0.5) is 0 Å². The number of hydrogen-bond donors (Lipinski definition) is 1. The first kappa shape index (κ1) is 13.3. The molecule has 0 bridgehead atoms. The molecule has 2 aromatic heterocycles. The second-order valence-electron chi connectivity index (χ2n) is 4.60. The Morgan fingerprint density at radius 3 is 3.10 bits per heavy atom. The van der Waals surface area contributed by atoms with Crippen LogP contribution in [0.25, 0.3) is 0 Å². The molecule has 1 N–H and O–H groups in total. The van der Waals surface area contributed by atoms with Crippen molar-refractivity contribution in [2.24, 2.45) is 0 Å². The maximum Gasteiger partial charge on any atom is 0.255 e. The Morgan fingerprint density at radius 2 is 2.35 bits per heavy atom. The number of fused-ring (bicyclic) bond motifs is 1. The van der Waals surface area contributed by atoms with Gasteiger partial charge < -0.3 is 9.88 Å². The molecule has 5 nitrogen and oxygen atoms in total. The van der Waals surface area contributed by atoms with Gasteiger partial charge in [0.05, 0.1) is 34.9 Å². The van der Waals surface area contributed by atoms with Crippen LogP contribution in [0.3, 0.4) is 0 Å². The summed E-state index contributed by atoms with van der Waals surface area (Å²) in [6.07, 6.45) is 2.35. The number of rotatable bonds is 2. The van der Waals surface area contributed by atoms with Crippen molar-refractivity contribution >= 4 is 28.8 Å². The standard InChI is InChI=1S/C13H12ClN3O2S/c14-11-2-1-8(20-11)5-12(18)17-4-3-10-9(6-17)13(19)16-7-15-10/h1-2,7H,3-6H2,(H,15,16,19). The van der Waals surface area contributed by atoms with Crippen LogP contribution in [-0.2, 0) is 24.2 Å². The third-order valence-electron chi connectivity index (χ3n) is 3.31. The average molecular weight is 310 g/mol. The highest BCUT2D eigenvalue weighted by molar-refractivity contribution is 7.16. The van der Waals surface area contributed by atoms with E-state index < -0.39 is 0 Å². The molecule has 20 heavy (non-hydrogen) atoms. The highest BCUT2D eigenvalue weighted by Gasteiger charge is 2.23. The van der Waals surface area contributed by atoms with Gasteiger partial charge >= 0.3 is 0 Å². The normalized spacial score (nSPS) is 14.2. The van der Waals surface area contributed by atoms with Crippen LogP contribution >= 0.6 is 22.9 Å². The minimum absolute atomic E-state index is 0.0115. The van der Waals surface area contributed by atoms with E-state index in [1.807, 2.05) is 6.07 Å². The number of aromatic nitrogens is 2. The van der Waals surface area contributed by atoms with Crippen LogP contribution in [-0.4, -0.2) is 27.3 Å². The van der Waals surface area contributed by atoms with Gasteiger partial charge in [-0.25, -0.2) is 4.98 Å². The van der Waals surface area contributed by atoms with Gasteiger partial charge in [0.1, 0.15) is 0 Å². The molecule has 0 unspecified atom stereocenters. The van der Waals surface area contributed by atoms with Gasteiger partial charge in [0, 0.05) is 17.8 Å². The molecule has 0 fully saturated rings. The van der Waals surface area contributed by atoms with Gasteiger partial charge in [0.2, 0.25) is 5.91 Å². The quantitative estimate of drug-likeness (QED) is 0.916. The monoisotopic (exact) mass is 309 g/mol. The molecule has 0 atom stereocenters. The van der Waals surface area contributed by atoms with Gasteiger partial charge in [-0.15, -0.1) is 11.3 Å². The van der Waals surface area contributed by atoms with E-state index >= 15 is 0 Å². The van der Waals surface area contributed by atoms with Crippen LogP contribution in [0.2, 0.25) is 4.34 Å². The SMILES string of the molecule is O=C(Cc1ccc(Cl)s1)N1CCc2nc[nH]c(=O)c2C1. The van der Waals surface area contributed by atoms with Crippen LogP contribution in [0.15, 0.2) is 23.3 Å². The number of amides is 1. The van der Waals surface area contributed by atoms with Crippen molar-refractivity contribution in [3.8, 4) is 0 Å². The summed E-state index contributed by atoms with van der Waals surface area (Å²) >= 11 is 7.26. The largest absolute Gasteiger partial charge is 0.337 e. The van der Waals surface area contributed by atoms with Crippen molar-refractivity contribution in [1.29, 1.82) is 0 Å². The molecular weight excluding hydrogens is 298 g/mol. The van der Waals surface area contributed by atoms with Crippen molar-refractivity contribution in [3.63, 3.8) is 0 Å². The summed E-state index contributed by atoms with van der Waals surface area (Å²) in [7, 11) is 0. The Hall–Kier alpha value is -1.66. The van der Waals surface area contributed by atoms with Crippen molar-refractivity contribution in [3.05, 3.63) is 49.3 Å². The summed E-state index contributed by atoms with van der Waals surface area (Å²) in [5.41, 5.74) is 1.22. The van der Waals surface area contributed by atoms with Crippen LogP contribution in [0.1, 0.15) is 16.1 Å². The first-order chi connectivity index (χ1) is 9.63.